The van der Waals surface area contributed by atoms with Crippen LogP contribution in [0.1, 0.15) is 40.5 Å². The van der Waals surface area contributed by atoms with Gasteiger partial charge in [0.2, 0.25) is 0 Å². The summed E-state index contributed by atoms with van der Waals surface area (Å²) in [6.45, 7) is 14.0. The second kappa shape index (κ2) is 3.74. The molecule has 2 heteroatoms. The maximum Gasteiger partial charge on any atom is 0.0545 e. The molecule has 0 N–H and O–H groups in total. The van der Waals surface area contributed by atoms with Gasteiger partial charge in [-0.1, -0.05) is 20.8 Å². The fraction of sp³-hybridized carbons (Fsp3) is 1.00. The Hall–Kier alpha value is -0.0800. The molecule has 0 saturated carbocycles. The summed E-state index contributed by atoms with van der Waals surface area (Å²) in [6, 6.07) is 0.691. The first-order valence-corrected chi connectivity index (χ1v) is 6.25. The molecule has 2 aliphatic heterocycles. The Kier molecular flexibility index (Phi) is 2.85. The van der Waals surface area contributed by atoms with Gasteiger partial charge in [0.1, 0.15) is 0 Å². The molecular weight excluding hydrogens is 186 g/mol. The van der Waals surface area contributed by atoms with Gasteiger partial charge in [-0.3, -0.25) is 0 Å². The highest BCUT2D eigenvalue weighted by Gasteiger charge is 2.42. The Morgan fingerprint density at radius 2 is 1.67 bits per heavy atom. The first kappa shape index (κ1) is 11.4. The lowest BCUT2D eigenvalue weighted by molar-refractivity contribution is -0.145. The van der Waals surface area contributed by atoms with Crippen molar-refractivity contribution in [3.05, 3.63) is 0 Å². The molecule has 1 atom stereocenters. The van der Waals surface area contributed by atoms with Crippen molar-refractivity contribution in [1.82, 2.24) is 4.90 Å². The quantitative estimate of drug-likeness (QED) is 0.661. The highest BCUT2D eigenvalue weighted by molar-refractivity contribution is 4.93. The van der Waals surface area contributed by atoms with Gasteiger partial charge in [-0.15, -0.1) is 0 Å². The predicted molar refractivity (Wildman–Crippen MR) is 63.0 cm³/mol. The Morgan fingerprint density at radius 1 is 1.13 bits per heavy atom. The second-order valence-corrected chi connectivity index (χ2v) is 6.57. The third kappa shape index (κ3) is 2.21. The van der Waals surface area contributed by atoms with Crippen LogP contribution in [0.3, 0.4) is 0 Å². The Morgan fingerprint density at radius 3 is 2.00 bits per heavy atom. The minimum Gasteiger partial charge on any atom is -0.380 e. The molecule has 2 aliphatic rings. The Balaban J connectivity index is 1.87. The molecule has 2 heterocycles. The molecule has 0 unspecified atom stereocenters. The number of hydrogen-bond acceptors (Lipinski definition) is 2. The normalized spacial score (nSPS) is 28.8. The molecule has 0 amide bonds. The molecule has 2 rings (SSSR count). The van der Waals surface area contributed by atoms with E-state index in [1.807, 2.05) is 0 Å². The van der Waals surface area contributed by atoms with Gasteiger partial charge in [0.05, 0.1) is 13.2 Å². The van der Waals surface area contributed by atoms with Gasteiger partial charge in [-0.25, -0.2) is 0 Å². The van der Waals surface area contributed by atoms with Crippen LogP contribution in [0.4, 0.5) is 0 Å². The maximum absolute atomic E-state index is 5.36. The SMILES string of the molecule is C[C@H](N1CCC2(CC1)COC2)C(C)(C)C. The molecule has 2 fully saturated rings. The van der Waals surface area contributed by atoms with Crippen molar-refractivity contribution in [1.29, 1.82) is 0 Å². The fourth-order valence-corrected chi connectivity index (χ4v) is 2.61. The first-order valence-electron chi connectivity index (χ1n) is 6.25. The summed E-state index contributed by atoms with van der Waals surface area (Å²) in [6.07, 6.45) is 2.68. The van der Waals surface area contributed by atoms with E-state index in [0.29, 0.717) is 16.9 Å². The Labute approximate surface area is 94.0 Å². The monoisotopic (exact) mass is 211 g/mol. The van der Waals surface area contributed by atoms with Crippen LogP contribution in [0.25, 0.3) is 0 Å². The van der Waals surface area contributed by atoms with E-state index in [2.05, 4.69) is 32.6 Å². The number of hydrogen-bond donors (Lipinski definition) is 0. The van der Waals surface area contributed by atoms with Crippen molar-refractivity contribution in [3.8, 4) is 0 Å². The van der Waals surface area contributed by atoms with E-state index in [0.717, 1.165) is 13.2 Å². The predicted octanol–water partition coefficient (Wildman–Crippen LogP) is 2.53. The van der Waals surface area contributed by atoms with Crippen LogP contribution >= 0.6 is 0 Å². The molecule has 0 aliphatic carbocycles. The Bertz CT molecular complexity index is 217. The number of rotatable bonds is 1. The number of piperidine rings is 1. The van der Waals surface area contributed by atoms with E-state index in [4.69, 9.17) is 4.74 Å². The van der Waals surface area contributed by atoms with Crippen LogP contribution in [-0.4, -0.2) is 37.2 Å². The van der Waals surface area contributed by atoms with Crippen molar-refractivity contribution in [2.75, 3.05) is 26.3 Å². The zero-order chi connectivity index (χ0) is 11.1. The lowest BCUT2D eigenvalue weighted by Crippen LogP contribution is -2.54. The molecule has 88 valence electrons. The minimum absolute atomic E-state index is 0.403. The highest BCUT2D eigenvalue weighted by atomic mass is 16.5. The number of ether oxygens (including phenoxy) is 1. The standard InChI is InChI=1S/C13H25NO/c1-11(12(2,3)4)14-7-5-13(6-8-14)9-15-10-13/h11H,5-10H2,1-4H3/t11-/m0/s1. The largest absolute Gasteiger partial charge is 0.380 e. The van der Waals surface area contributed by atoms with E-state index in [-0.39, 0.29) is 0 Å². The summed E-state index contributed by atoms with van der Waals surface area (Å²) in [5.74, 6) is 0. The van der Waals surface area contributed by atoms with Gasteiger partial charge in [0.25, 0.3) is 0 Å². The molecule has 0 aromatic carbocycles. The summed E-state index contributed by atoms with van der Waals surface area (Å²) in [7, 11) is 0. The van der Waals surface area contributed by atoms with Crippen LogP contribution in [0.15, 0.2) is 0 Å². The van der Waals surface area contributed by atoms with Crippen molar-refractivity contribution in [3.63, 3.8) is 0 Å². The zero-order valence-electron chi connectivity index (χ0n) is 10.7. The topological polar surface area (TPSA) is 12.5 Å². The van der Waals surface area contributed by atoms with Gasteiger partial charge in [0, 0.05) is 11.5 Å². The third-order valence-electron chi connectivity index (χ3n) is 4.48. The van der Waals surface area contributed by atoms with Gasteiger partial charge in [0.15, 0.2) is 0 Å². The van der Waals surface area contributed by atoms with Crippen LogP contribution in [0.2, 0.25) is 0 Å². The van der Waals surface area contributed by atoms with Crippen LogP contribution in [-0.2, 0) is 4.74 Å². The lowest BCUT2D eigenvalue weighted by Gasteiger charge is -2.50. The van der Waals surface area contributed by atoms with E-state index >= 15 is 0 Å². The molecule has 0 aromatic rings. The van der Waals surface area contributed by atoms with Crippen molar-refractivity contribution >= 4 is 0 Å². The fourth-order valence-electron chi connectivity index (χ4n) is 2.61. The second-order valence-electron chi connectivity index (χ2n) is 6.57. The average molecular weight is 211 g/mol. The van der Waals surface area contributed by atoms with Gasteiger partial charge < -0.3 is 9.64 Å². The van der Waals surface area contributed by atoms with Gasteiger partial charge >= 0.3 is 0 Å². The van der Waals surface area contributed by atoms with Crippen molar-refractivity contribution in [2.45, 2.75) is 46.6 Å². The van der Waals surface area contributed by atoms with Gasteiger partial charge in [-0.2, -0.15) is 0 Å². The molecule has 2 nitrogen and oxygen atoms in total. The molecule has 0 aromatic heterocycles. The first-order chi connectivity index (χ1) is 6.93. The zero-order valence-corrected chi connectivity index (χ0v) is 10.7. The van der Waals surface area contributed by atoms with E-state index in [1.165, 1.54) is 25.9 Å². The highest BCUT2D eigenvalue weighted by Crippen LogP contribution is 2.40. The summed E-state index contributed by atoms with van der Waals surface area (Å²) < 4.78 is 5.36. The summed E-state index contributed by atoms with van der Waals surface area (Å²) in [5, 5.41) is 0. The van der Waals surface area contributed by atoms with Crippen LogP contribution in [0, 0.1) is 10.8 Å². The van der Waals surface area contributed by atoms with Crippen molar-refractivity contribution < 1.29 is 4.74 Å². The third-order valence-corrected chi connectivity index (χ3v) is 4.48. The number of nitrogens with zero attached hydrogens (tertiary/aromatic N) is 1. The molecular formula is C13H25NO. The number of likely N-dealkylation sites (tertiary alicyclic amines) is 1. The maximum atomic E-state index is 5.36. The summed E-state index contributed by atoms with van der Waals surface area (Å²) in [4.78, 5) is 2.66. The molecule has 15 heavy (non-hydrogen) atoms. The lowest BCUT2D eigenvalue weighted by atomic mass is 9.75. The summed E-state index contributed by atoms with van der Waals surface area (Å²) in [5.41, 5.74) is 0.981. The minimum atomic E-state index is 0.403. The van der Waals surface area contributed by atoms with E-state index in [1.54, 1.807) is 0 Å². The molecule has 1 spiro atoms. The molecule has 0 bridgehead atoms. The van der Waals surface area contributed by atoms with Gasteiger partial charge in [-0.05, 0) is 38.3 Å². The van der Waals surface area contributed by atoms with E-state index < -0.39 is 0 Å². The van der Waals surface area contributed by atoms with Crippen LogP contribution < -0.4 is 0 Å². The van der Waals surface area contributed by atoms with E-state index in [9.17, 15) is 0 Å². The average Bonchev–Trinajstić information content (AvgIpc) is 2.13. The van der Waals surface area contributed by atoms with Crippen LogP contribution in [0.5, 0.6) is 0 Å². The van der Waals surface area contributed by atoms with Crippen molar-refractivity contribution in [2.24, 2.45) is 10.8 Å². The summed E-state index contributed by atoms with van der Waals surface area (Å²) >= 11 is 0. The smallest absolute Gasteiger partial charge is 0.0545 e. The molecule has 2 saturated heterocycles. The molecule has 0 radical (unpaired) electrons.